The van der Waals surface area contributed by atoms with E-state index >= 15 is 0 Å². The van der Waals surface area contributed by atoms with Crippen molar-refractivity contribution in [3.05, 3.63) is 35.4 Å². The number of aliphatic imine (C=N–C) groups is 1. The minimum Gasteiger partial charge on any atom is -0.312 e. The molecule has 4 nitrogen and oxygen atoms in total. The van der Waals surface area contributed by atoms with Crippen LogP contribution in [0.1, 0.15) is 29.9 Å². The van der Waals surface area contributed by atoms with Crippen LogP contribution in [0.3, 0.4) is 0 Å². The first-order valence-corrected chi connectivity index (χ1v) is 7.33. The van der Waals surface area contributed by atoms with Crippen LogP contribution in [0.4, 0.5) is 26.3 Å². The fourth-order valence-corrected chi connectivity index (χ4v) is 2.86. The van der Waals surface area contributed by atoms with E-state index in [1.807, 2.05) is 0 Å². The molecule has 1 fully saturated rings. The highest BCUT2D eigenvalue weighted by Gasteiger charge is 2.49. The third-order valence-electron chi connectivity index (χ3n) is 3.99. The predicted molar refractivity (Wildman–Crippen MR) is 81.1 cm³/mol. The third-order valence-corrected chi connectivity index (χ3v) is 3.99. The molecule has 0 amide bonds. The molecule has 0 aromatic heterocycles. The number of nitrogens with two attached hydrogens (primary N) is 1. The van der Waals surface area contributed by atoms with Gasteiger partial charge < -0.3 is 5.73 Å². The molecule has 0 aliphatic carbocycles. The standard InChI is InChI=1S/C15H16F6N4/c1-23-25-12(15(19,20)21)7-6-11(13(25)24-8-22)9-2-4-10(5-3-9)14(16,17)18/h2-5,11-12H,1,6-8,22H2. The maximum atomic E-state index is 13.2. The quantitative estimate of drug-likeness (QED) is 0.654. The number of benzene rings is 1. The number of hydrazone groups is 1. The van der Waals surface area contributed by atoms with Crippen LogP contribution in [0.15, 0.2) is 34.4 Å². The van der Waals surface area contributed by atoms with E-state index in [9.17, 15) is 26.3 Å². The zero-order valence-corrected chi connectivity index (χ0v) is 13.0. The van der Waals surface area contributed by atoms with Gasteiger partial charge in [-0.05, 0) is 30.5 Å². The molecule has 2 unspecified atom stereocenters. The van der Waals surface area contributed by atoms with E-state index in [1.54, 1.807) is 0 Å². The second kappa shape index (κ2) is 7.03. The zero-order chi connectivity index (χ0) is 18.8. The first kappa shape index (κ1) is 19.2. The van der Waals surface area contributed by atoms with Gasteiger partial charge in [-0.15, -0.1) is 0 Å². The SMILES string of the molecule is C=NN1C(=NCN)C(c2ccc(C(F)(F)F)cc2)CCC1C(F)(F)F. The van der Waals surface area contributed by atoms with Crippen molar-refractivity contribution in [1.29, 1.82) is 0 Å². The van der Waals surface area contributed by atoms with Gasteiger partial charge in [-0.25, -0.2) is 5.01 Å². The summed E-state index contributed by atoms with van der Waals surface area (Å²) in [6, 6.07) is 2.35. The van der Waals surface area contributed by atoms with E-state index < -0.39 is 29.9 Å². The van der Waals surface area contributed by atoms with Crippen LogP contribution in [0.25, 0.3) is 0 Å². The molecular formula is C15H16F6N4. The van der Waals surface area contributed by atoms with Crippen LogP contribution < -0.4 is 5.73 Å². The number of halogens is 6. The van der Waals surface area contributed by atoms with Gasteiger partial charge >= 0.3 is 12.4 Å². The highest BCUT2D eigenvalue weighted by molar-refractivity contribution is 5.90. The van der Waals surface area contributed by atoms with Gasteiger partial charge in [0.1, 0.15) is 11.9 Å². The lowest BCUT2D eigenvalue weighted by atomic mass is 9.86. The Labute approximate surface area is 140 Å². The number of alkyl halides is 6. The highest BCUT2D eigenvalue weighted by atomic mass is 19.4. The summed E-state index contributed by atoms with van der Waals surface area (Å²) in [5, 5.41) is 4.09. The van der Waals surface area contributed by atoms with Crippen LogP contribution in [-0.2, 0) is 6.18 Å². The summed E-state index contributed by atoms with van der Waals surface area (Å²) in [6.07, 6.45) is -9.25. The van der Waals surface area contributed by atoms with Crippen LogP contribution in [0.2, 0.25) is 0 Å². The Balaban J connectivity index is 2.38. The third kappa shape index (κ3) is 4.12. The summed E-state index contributed by atoms with van der Waals surface area (Å²) in [6.45, 7) is 2.89. The molecule has 0 bridgehead atoms. The van der Waals surface area contributed by atoms with Gasteiger partial charge in [0.2, 0.25) is 0 Å². The van der Waals surface area contributed by atoms with Crippen molar-refractivity contribution in [2.24, 2.45) is 15.8 Å². The van der Waals surface area contributed by atoms with Gasteiger partial charge in [0.05, 0.1) is 12.2 Å². The summed E-state index contributed by atoms with van der Waals surface area (Å²) in [5.41, 5.74) is 4.92. The van der Waals surface area contributed by atoms with Gasteiger partial charge in [-0.3, -0.25) is 4.99 Å². The maximum absolute atomic E-state index is 13.2. The van der Waals surface area contributed by atoms with E-state index in [2.05, 4.69) is 16.8 Å². The second-order valence-corrected chi connectivity index (χ2v) is 5.49. The average molecular weight is 366 g/mol. The monoisotopic (exact) mass is 366 g/mol. The maximum Gasteiger partial charge on any atom is 0.416 e. The molecule has 10 heteroatoms. The van der Waals surface area contributed by atoms with E-state index in [0.717, 1.165) is 12.1 Å². The molecule has 1 aliphatic heterocycles. The molecule has 1 aromatic rings. The van der Waals surface area contributed by atoms with Crippen molar-refractivity contribution in [2.75, 3.05) is 6.67 Å². The van der Waals surface area contributed by atoms with Gasteiger partial charge in [0.25, 0.3) is 0 Å². The molecule has 0 spiro atoms. The normalized spacial score (nSPS) is 23.8. The fourth-order valence-electron chi connectivity index (χ4n) is 2.86. The number of hydrogen-bond donors (Lipinski definition) is 1. The zero-order valence-electron chi connectivity index (χ0n) is 13.0. The minimum absolute atomic E-state index is 0.0502. The van der Waals surface area contributed by atoms with Gasteiger partial charge in [-0.2, -0.15) is 31.4 Å². The molecule has 0 saturated carbocycles. The van der Waals surface area contributed by atoms with Crippen LogP contribution in [0.5, 0.6) is 0 Å². The topological polar surface area (TPSA) is 54.0 Å². The summed E-state index contributed by atoms with van der Waals surface area (Å²) < 4.78 is 77.5. The fraction of sp³-hybridized carbons (Fsp3) is 0.467. The van der Waals surface area contributed by atoms with Gasteiger partial charge in [0, 0.05) is 12.6 Å². The first-order valence-electron chi connectivity index (χ1n) is 7.33. The molecule has 138 valence electrons. The summed E-state index contributed by atoms with van der Waals surface area (Å²) in [7, 11) is 0. The van der Waals surface area contributed by atoms with Gasteiger partial charge in [-0.1, -0.05) is 12.1 Å². The van der Waals surface area contributed by atoms with Crippen molar-refractivity contribution < 1.29 is 26.3 Å². The number of nitrogens with zero attached hydrogens (tertiary/aromatic N) is 3. The Kier molecular flexibility index (Phi) is 5.40. The van der Waals surface area contributed by atoms with Crippen molar-refractivity contribution in [3.8, 4) is 0 Å². The smallest absolute Gasteiger partial charge is 0.312 e. The van der Waals surface area contributed by atoms with Crippen molar-refractivity contribution in [2.45, 2.75) is 37.2 Å². The van der Waals surface area contributed by atoms with Crippen LogP contribution in [-0.4, -0.2) is 36.4 Å². The Morgan fingerprint density at radius 3 is 2.12 bits per heavy atom. The summed E-state index contributed by atoms with van der Waals surface area (Å²) >= 11 is 0. The highest BCUT2D eigenvalue weighted by Crippen LogP contribution is 2.39. The van der Waals surface area contributed by atoms with Crippen LogP contribution >= 0.6 is 0 Å². The number of piperidine rings is 1. The average Bonchev–Trinajstić information content (AvgIpc) is 2.53. The molecule has 25 heavy (non-hydrogen) atoms. The lowest BCUT2D eigenvalue weighted by Crippen LogP contribution is -2.51. The Morgan fingerprint density at radius 1 is 1.08 bits per heavy atom. The second-order valence-electron chi connectivity index (χ2n) is 5.49. The predicted octanol–water partition coefficient (Wildman–Crippen LogP) is 3.75. The lowest BCUT2D eigenvalue weighted by Gasteiger charge is -2.39. The summed E-state index contributed by atoms with van der Waals surface area (Å²) in [4.78, 5) is 3.89. The van der Waals surface area contributed by atoms with E-state index in [-0.39, 0.29) is 25.3 Å². The lowest BCUT2D eigenvalue weighted by molar-refractivity contribution is -0.178. The van der Waals surface area contributed by atoms with Gasteiger partial charge in [0.15, 0.2) is 0 Å². The van der Waals surface area contributed by atoms with Crippen LogP contribution in [0, 0.1) is 0 Å². The van der Waals surface area contributed by atoms with E-state index in [0.29, 0.717) is 10.6 Å². The summed E-state index contributed by atoms with van der Waals surface area (Å²) in [5.74, 6) is -0.694. The molecule has 2 rings (SSSR count). The molecule has 0 radical (unpaired) electrons. The Hall–Kier alpha value is -2.10. The number of rotatable bonds is 3. The molecule has 1 aromatic carbocycles. The Bertz CT molecular complexity index is 635. The van der Waals surface area contributed by atoms with Crippen molar-refractivity contribution >= 4 is 12.6 Å². The van der Waals surface area contributed by atoms with Crippen molar-refractivity contribution in [3.63, 3.8) is 0 Å². The molecular weight excluding hydrogens is 350 g/mol. The number of amidine groups is 1. The molecule has 1 heterocycles. The largest absolute Gasteiger partial charge is 0.416 e. The van der Waals surface area contributed by atoms with E-state index in [1.165, 1.54) is 12.1 Å². The molecule has 2 N–H and O–H groups in total. The number of hydrogen-bond acceptors (Lipinski definition) is 3. The molecule has 1 saturated heterocycles. The molecule has 1 aliphatic rings. The molecule has 2 atom stereocenters. The minimum atomic E-state index is -4.54. The van der Waals surface area contributed by atoms with Crippen molar-refractivity contribution in [1.82, 2.24) is 5.01 Å². The van der Waals surface area contributed by atoms with E-state index in [4.69, 9.17) is 5.73 Å². The first-order chi connectivity index (χ1) is 11.6. The Morgan fingerprint density at radius 2 is 1.68 bits per heavy atom.